The second-order valence-corrected chi connectivity index (χ2v) is 3.15. The topological polar surface area (TPSA) is 36.2 Å². The minimum Gasteiger partial charge on any atom is -0.277 e. The van der Waals surface area contributed by atoms with Gasteiger partial charge in [-0.05, 0) is 31.8 Å². The fourth-order valence-corrected chi connectivity index (χ4v) is 0.899. The summed E-state index contributed by atoms with van der Waals surface area (Å²) in [4.78, 5) is 4.11. The molecule has 3 heteroatoms. The van der Waals surface area contributed by atoms with Crippen LogP contribution in [0.5, 0.6) is 0 Å². The summed E-state index contributed by atoms with van der Waals surface area (Å²) < 4.78 is 0. The molecule has 0 rings (SSSR count). The van der Waals surface area contributed by atoms with Crippen molar-refractivity contribution in [2.45, 2.75) is 20.3 Å². The molecule has 0 saturated heterocycles. The average Bonchev–Trinajstić information content (AvgIpc) is 2.14. The third kappa shape index (κ3) is 6.34. The molecule has 0 aliphatic carbocycles. The van der Waals surface area contributed by atoms with Crippen molar-refractivity contribution in [3.05, 3.63) is 24.3 Å². The first-order valence-electron chi connectivity index (χ1n) is 4.25. The summed E-state index contributed by atoms with van der Waals surface area (Å²) in [6, 6.07) is 0. The number of nitrogens with zero attached hydrogens (tertiary/aromatic N) is 1. The number of hydrogen-bond donors (Lipinski definition) is 1. The second kappa shape index (κ2) is 7.80. The summed E-state index contributed by atoms with van der Waals surface area (Å²) in [5.41, 5.74) is 0.837. The van der Waals surface area contributed by atoms with Crippen molar-refractivity contribution in [2.24, 2.45) is 4.99 Å². The standard InChI is InChI=1S/C10H16N2S/c1-4-6-8-9(7-5-2)12-10(11)13-3/h5-8,11H,4H2,1-3H3/b7-5-,8-6-,11-10?,12-9?. The van der Waals surface area contributed by atoms with Crippen LogP contribution < -0.4 is 0 Å². The number of rotatable bonds is 3. The minimum absolute atomic E-state index is 0.342. The Hall–Kier alpha value is -0.830. The molecular weight excluding hydrogens is 180 g/mol. The zero-order valence-electron chi connectivity index (χ0n) is 8.37. The lowest BCUT2D eigenvalue weighted by Gasteiger charge is -1.93. The number of aliphatic imine (C=N–C) groups is 1. The molecule has 0 unspecified atom stereocenters. The molecule has 0 aromatic rings. The normalized spacial score (nSPS) is 13.0. The van der Waals surface area contributed by atoms with Crippen molar-refractivity contribution >= 4 is 22.6 Å². The van der Waals surface area contributed by atoms with Crippen molar-refractivity contribution < 1.29 is 0 Å². The monoisotopic (exact) mass is 196 g/mol. The van der Waals surface area contributed by atoms with Crippen LogP contribution in [0.2, 0.25) is 0 Å². The smallest absolute Gasteiger partial charge is 0.180 e. The molecule has 0 aromatic carbocycles. The molecule has 72 valence electrons. The fourth-order valence-electron chi connectivity index (χ4n) is 0.702. The number of allylic oxidation sites excluding steroid dienone is 4. The van der Waals surface area contributed by atoms with Gasteiger partial charge in [-0.3, -0.25) is 5.41 Å². The molecular formula is C10H16N2S. The van der Waals surface area contributed by atoms with Gasteiger partial charge in [-0.1, -0.05) is 30.8 Å². The molecule has 0 aliphatic heterocycles. The van der Waals surface area contributed by atoms with Crippen molar-refractivity contribution in [3.63, 3.8) is 0 Å². The van der Waals surface area contributed by atoms with E-state index in [1.165, 1.54) is 11.8 Å². The Bertz CT molecular complexity index is 239. The van der Waals surface area contributed by atoms with Crippen LogP contribution in [-0.2, 0) is 0 Å². The molecule has 0 heterocycles. The van der Waals surface area contributed by atoms with E-state index >= 15 is 0 Å². The number of hydrogen-bond acceptors (Lipinski definition) is 2. The maximum absolute atomic E-state index is 7.39. The molecule has 0 saturated carbocycles. The van der Waals surface area contributed by atoms with Crippen molar-refractivity contribution in [1.29, 1.82) is 5.41 Å². The highest BCUT2D eigenvalue weighted by molar-refractivity contribution is 8.13. The van der Waals surface area contributed by atoms with Crippen molar-refractivity contribution in [2.75, 3.05) is 6.26 Å². The van der Waals surface area contributed by atoms with Crippen LogP contribution in [0.25, 0.3) is 0 Å². The summed E-state index contributed by atoms with van der Waals surface area (Å²) >= 11 is 1.34. The van der Waals surface area contributed by atoms with Gasteiger partial charge in [0.05, 0.1) is 5.71 Å². The lowest BCUT2D eigenvalue weighted by atomic mass is 10.3. The predicted octanol–water partition coefficient (Wildman–Crippen LogP) is 3.27. The van der Waals surface area contributed by atoms with E-state index in [4.69, 9.17) is 5.41 Å². The third-order valence-corrected chi connectivity index (χ3v) is 1.76. The highest BCUT2D eigenvalue weighted by Gasteiger charge is 1.91. The Morgan fingerprint density at radius 1 is 1.46 bits per heavy atom. The van der Waals surface area contributed by atoms with E-state index in [1.807, 2.05) is 37.5 Å². The maximum Gasteiger partial charge on any atom is 0.180 e. The summed E-state index contributed by atoms with van der Waals surface area (Å²) in [7, 11) is 0. The summed E-state index contributed by atoms with van der Waals surface area (Å²) in [6.07, 6.45) is 10.6. The van der Waals surface area contributed by atoms with Gasteiger partial charge in [0.15, 0.2) is 5.17 Å². The van der Waals surface area contributed by atoms with Crippen LogP contribution >= 0.6 is 11.8 Å². The number of amidine groups is 1. The van der Waals surface area contributed by atoms with Crippen molar-refractivity contribution in [1.82, 2.24) is 0 Å². The molecule has 0 aromatic heterocycles. The van der Waals surface area contributed by atoms with Crippen LogP contribution in [0.15, 0.2) is 29.3 Å². The highest BCUT2D eigenvalue weighted by atomic mass is 32.2. The summed E-state index contributed by atoms with van der Waals surface area (Å²) in [5, 5.41) is 7.73. The lowest BCUT2D eigenvalue weighted by Crippen LogP contribution is -1.92. The Balaban J connectivity index is 4.49. The van der Waals surface area contributed by atoms with Gasteiger partial charge < -0.3 is 0 Å². The molecule has 0 fully saturated rings. The first-order valence-corrected chi connectivity index (χ1v) is 5.47. The molecule has 0 radical (unpaired) electrons. The molecule has 1 N–H and O–H groups in total. The van der Waals surface area contributed by atoms with Gasteiger partial charge in [0.25, 0.3) is 0 Å². The summed E-state index contributed by atoms with van der Waals surface area (Å²) in [6.45, 7) is 4.02. The molecule has 0 bridgehead atoms. The van der Waals surface area contributed by atoms with Crippen LogP contribution in [0.1, 0.15) is 20.3 Å². The van der Waals surface area contributed by atoms with E-state index in [0.717, 1.165) is 12.1 Å². The number of nitrogens with one attached hydrogen (secondary N) is 1. The van der Waals surface area contributed by atoms with Gasteiger partial charge in [0.2, 0.25) is 0 Å². The third-order valence-electron chi connectivity index (χ3n) is 1.29. The van der Waals surface area contributed by atoms with E-state index in [-0.39, 0.29) is 0 Å². The van der Waals surface area contributed by atoms with Crippen LogP contribution in [0.4, 0.5) is 0 Å². The molecule has 2 nitrogen and oxygen atoms in total. The first-order chi connectivity index (χ1) is 6.24. The summed E-state index contributed by atoms with van der Waals surface area (Å²) in [5.74, 6) is 0. The Kier molecular flexibility index (Phi) is 7.30. The van der Waals surface area contributed by atoms with Gasteiger partial charge in [-0.25, -0.2) is 4.99 Å². The van der Waals surface area contributed by atoms with E-state index in [1.54, 1.807) is 0 Å². The average molecular weight is 196 g/mol. The minimum atomic E-state index is 0.342. The van der Waals surface area contributed by atoms with Crippen LogP contribution in [0, 0.1) is 5.41 Å². The molecule has 0 atom stereocenters. The molecule has 0 spiro atoms. The van der Waals surface area contributed by atoms with Gasteiger partial charge in [0.1, 0.15) is 0 Å². The zero-order valence-corrected chi connectivity index (χ0v) is 9.19. The SMILES string of the molecule is C/C=C\C(/C=C\CC)=NC(=N)SC. The van der Waals surface area contributed by atoms with Gasteiger partial charge in [0, 0.05) is 0 Å². The van der Waals surface area contributed by atoms with Gasteiger partial charge >= 0.3 is 0 Å². The van der Waals surface area contributed by atoms with E-state index in [0.29, 0.717) is 5.17 Å². The van der Waals surface area contributed by atoms with Crippen LogP contribution in [-0.4, -0.2) is 17.1 Å². The van der Waals surface area contributed by atoms with Crippen molar-refractivity contribution in [3.8, 4) is 0 Å². The van der Waals surface area contributed by atoms with Gasteiger partial charge in [-0.15, -0.1) is 0 Å². The predicted molar refractivity (Wildman–Crippen MR) is 62.9 cm³/mol. The zero-order chi connectivity index (χ0) is 10.1. The first kappa shape index (κ1) is 12.2. The highest BCUT2D eigenvalue weighted by Crippen LogP contribution is 1.99. The van der Waals surface area contributed by atoms with E-state index < -0.39 is 0 Å². The molecule has 0 aliphatic rings. The van der Waals surface area contributed by atoms with Gasteiger partial charge in [-0.2, -0.15) is 0 Å². The van der Waals surface area contributed by atoms with Crippen LogP contribution in [0.3, 0.4) is 0 Å². The largest absolute Gasteiger partial charge is 0.277 e. The van der Waals surface area contributed by atoms with E-state index in [9.17, 15) is 0 Å². The Labute approximate surface area is 84.3 Å². The fraction of sp³-hybridized carbons (Fsp3) is 0.400. The quantitative estimate of drug-likeness (QED) is 0.546. The van der Waals surface area contributed by atoms with E-state index in [2.05, 4.69) is 11.9 Å². The molecule has 0 amide bonds. The molecule has 13 heavy (non-hydrogen) atoms. The number of thioether (sulfide) groups is 1. The second-order valence-electron chi connectivity index (χ2n) is 2.36. The maximum atomic E-state index is 7.39. The Morgan fingerprint density at radius 2 is 2.15 bits per heavy atom. The Morgan fingerprint density at radius 3 is 2.62 bits per heavy atom. The lowest BCUT2D eigenvalue weighted by molar-refractivity contribution is 1.23.